The minimum Gasteiger partial charge on any atom is -0.353 e. The van der Waals surface area contributed by atoms with Crippen LogP contribution in [-0.2, 0) is 7.05 Å². The number of aryl methyl sites for hydroxylation is 1. The number of piperazine rings is 2. The number of nitrogens with zero attached hydrogens (tertiary/aromatic N) is 7. The first-order valence-corrected chi connectivity index (χ1v) is 10.00. The number of hydrogen-bond donors (Lipinski definition) is 0. The molecule has 0 saturated carbocycles. The molecule has 29 heavy (non-hydrogen) atoms. The molecule has 154 valence electrons. The third-order valence-corrected chi connectivity index (χ3v) is 5.71. The molecule has 2 aliphatic rings. The van der Waals surface area contributed by atoms with Gasteiger partial charge in [0.15, 0.2) is 11.6 Å². The molecular formula is C20H27N7O2. The molecule has 2 aromatic rings. The maximum atomic E-state index is 12.7. The first-order valence-electron chi connectivity index (χ1n) is 10.00. The topological polar surface area (TPSA) is 77.8 Å². The van der Waals surface area contributed by atoms with Crippen molar-refractivity contribution in [2.24, 2.45) is 7.05 Å². The van der Waals surface area contributed by atoms with Crippen LogP contribution in [0.15, 0.2) is 35.3 Å². The molecular weight excluding hydrogens is 370 g/mol. The van der Waals surface area contributed by atoms with Crippen molar-refractivity contribution >= 4 is 17.5 Å². The molecule has 0 aromatic carbocycles. The van der Waals surface area contributed by atoms with Crippen LogP contribution in [0, 0.1) is 0 Å². The average molecular weight is 397 g/mol. The minimum atomic E-state index is -0.259. The molecule has 2 fully saturated rings. The maximum Gasteiger partial charge on any atom is 0.263 e. The molecule has 0 unspecified atom stereocenters. The zero-order valence-electron chi connectivity index (χ0n) is 17.0. The van der Waals surface area contributed by atoms with Crippen LogP contribution in [0.1, 0.15) is 10.4 Å². The van der Waals surface area contributed by atoms with Gasteiger partial charge in [-0.2, -0.15) is 0 Å². The predicted molar refractivity (Wildman–Crippen MR) is 112 cm³/mol. The molecule has 1 amide bonds. The van der Waals surface area contributed by atoms with Crippen LogP contribution in [0.4, 0.5) is 11.6 Å². The molecule has 2 saturated heterocycles. The van der Waals surface area contributed by atoms with E-state index in [4.69, 9.17) is 0 Å². The van der Waals surface area contributed by atoms with Gasteiger partial charge in [0.25, 0.3) is 11.5 Å². The number of likely N-dealkylation sites (N-methyl/N-ethyl adjacent to an activating group) is 1. The second kappa shape index (κ2) is 8.20. The molecule has 0 bridgehead atoms. The van der Waals surface area contributed by atoms with Crippen molar-refractivity contribution < 1.29 is 4.79 Å². The highest BCUT2D eigenvalue weighted by Gasteiger charge is 2.25. The summed E-state index contributed by atoms with van der Waals surface area (Å²) >= 11 is 0. The fraction of sp³-hybridized carbons (Fsp3) is 0.500. The third-order valence-electron chi connectivity index (χ3n) is 5.71. The van der Waals surface area contributed by atoms with Gasteiger partial charge in [0, 0.05) is 65.6 Å². The van der Waals surface area contributed by atoms with Crippen molar-refractivity contribution in [1.82, 2.24) is 24.6 Å². The number of pyridine rings is 1. The molecule has 2 aromatic heterocycles. The Morgan fingerprint density at radius 1 is 0.828 bits per heavy atom. The average Bonchev–Trinajstić information content (AvgIpc) is 2.76. The summed E-state index contributed by atoms with van der Waals surface area (Å²) in [5, 5.41) is 8.83. The lowest BCUT2D eigenvalue weighted by Gasteiger charge is -2.35. The number of carbonyl (C=O) groups is 1. The highest BCUT2D eigenvalue weighted by atomic mass is 16.2. The summed E-state index contributed by atoms with van der Waals surface area (Å²) in [5.74, 6) is 1.53. The van der Waals surface area contributed by atoms with Crippen molar-refractivity contribution in [2.75, 3.05) is 69.2 Å². The zero-order valence-corrected chi connectivity index (χ0v) is 17.0. The Labute approximate surface area is 170 Å². The Morgan fingerprint density at radius 2 is 1.38 bits per heavy atom. The summed E-state index contributed by atoms with van der Waals surface area (Å²) in [6.07, 6.45) is 1.65. The van der Waals surface area contributed by atoms with Gasteiger partial charge in [0.1, 0.15) is 5.56 Å². The molecule has 0 N–H and O–H groups in total. The largest absolute Gasteiger partial charge is 0.353 e. The highest BCUT2D eigenvalue weighted by molar-refractivity contribution is 5.94. The van der Waals surface area contributed by atoms with Gasteiger partial charge in [-0.3, -0.25) is 9.59 Å². The Morgan fingerprint density at radius 3 is 1.93 bits per heavy atom. The van der Waals surface area contributed by atoms with Gasteiger partial charge in [-0.15, -0.1) is 10.2 Å². The van der Waals surface area contributed by atoms with Gasteiger partial charge in [0.2, 0.25) is 0 Å². The van der Waals surface area contributed by atoms with E-state index in [0.717, 1.165) is 37.8 Å². The fourth-order valence-corrected chi connectivity index (χ4v) is 3.76. The molecule has 0 spiro atoms. The lowest BCUT2D eigenvalue weighted by atomic mass is 10.2. The summed E-state index contributed by atoms with van der Waals surface area (Å²) in [5.41, 5.74) is -0.0370. The molecule has 2 aliphatic heterocycles. The molecule has 0 aliphatic carbocycles. The number of carbonyl (C=O) groups excluding carboxylic acids is 1. The molecule has 4 rings (SSSR count). The monoisotopic (exact) mass is 397 g/mol. The molecule has 0 atom stereocenters. The lowest BCUT2D eigenvalue weighted by molar-refractivity contribution is 0.0744. The van der Waals surface area contributed by atoms with E-state index in [9.17, 15) is 9.59 Å². The van der Waals surface area contributed by atoms with Crippen molar-refractivity contribution in [3.63, 3.8) is 0 Å². The van der Waals surface area contributed by atoms with Gasteiger partial charge in [-0.25, -0.2) is 0 Å². The smallest absolute Gasteiger partial charge is 0.263 e. The van der Waals surface area contributed by atoms with Crippen molar-refractivity contribution in [1.29, 1.82) is 0 Å². The summed E-state index contributed by atoms with van der Waals surface area (Å²) in [7, 11) is 3.79. The van der Waals surface area contributed by atoms with Crippen LogP contribution < -0.4 is 15.4 Å². The van der Waals surface area contributed by atoms with Crippen molar-refractivity contribution in [3.05, 3.63) is 46.4 Å². The second-order valence-electron chi connectivity index (χ2n) is 7.66. The zero-order chi connectivity index (χ0) is 20.4. The van der Waals surface area contributed by atoms with Crippen LogP contribution in [0.2, 0.25) is 0 Å². The van der Waals surface area contributed by atoms with Crippen LogP contribution >= 0.6 is 0 Å². The lowest BCUT2D eigenvalue weighted by Crippen LogP contribution is -2.50. The van der Waals surface area contributed by atoms with E-state index in [1.54, 1.807) is 30.3 Å². The van der Waals surface area contributed by atoms with Gasteiger partial charge >= 0.3 is 0 Å². The van der Waals surface area contributed by atoms with E-state index in [-0.39, 0.29) is 17.0 Å². The maximum absolute atomic E-state index is 12.7. The van der Waals surface area contributed by atoms with Crippen LogP contribution in [-0.4, -0.2) is 89.9 Å². The number of amides is 1. The number of aromatic nitrogens is 3. The van der Waals surface area contributed by atoms with Crippen LogP contribution in [0.25, 0.3) is 0 Å². The fourth-order valence-electron chi connectivity index (χ4n) is 3.76. The Hall–Kier alpha value is -2.94. The second-order valence-corrected chi connectivity index (χ2v) is 7.66. The number of hydrogen-bond acceptors (Lipinski definition) is 7. The summed E-state index contributed by atoms with van der Waals surface area (Å²) in [4.78, 5) is 33.4. The third kappa shape index (κ3) is 4.09. The van der Waals surface area contributed by atoms with Gasteiger partial charge in [-0.1, -0.05) is 0 Å². The van der Waals surface area contributed by atoms with E-state index in [1.807, 2.05) is 12.1 Å². The highest BCUT2D eigenvalue weighted by Crippen LogP contribution is 2.18. The number of anilines is 2. The van der Waals surface area contributed by atoms with E-state index in [1.165, 1.54) is 4.57 Å². The predicted octanol–water partition coefficient (Wildman–Crippen LogP) is -0.110. The summed E-state index contributed by atoms with van der Waals surface area (Å²) in [6.45, 7) is 6.43. The SMILES string of the molecule is CN1CCN(c2ccc(N3CCN(C(=O)c4cccn(C)c4=O)CC3)nn2)CC1. The summed E-state index contributed by atoms with van der Waals surface area (Å²) in [6, 6.07) is 7.35. The van der Waals surface area contributed by atoms with Gasteiger partial charge < -0.3 is 24.2 Å². The first kappa shape index (κ1) is 19.4. The molecule has 9 nitrogen and oxygen atoms in total. The van der Waals surface area contributed by atoms with Crippen molar-refractivity contribution in [2.45, 2.75) is 0 Å². The normalized spacial score (nSPS) is 18.2. The van der Waals surface area contributed by atoms with E-state index in [0.29, 0.717) is 26.2 Å². The van der Waals surface area contributed by atoms with E-state index < -0.39 is 0 Å². The van der Waals surface area contributed by atoms with Crippen LogP contribution in [0.5, 0.6) is 0 Å². The summed E-state index contributed by atoms with van der Waals surface area (Å²) < 4.78 is 1.43. The Balaban J connectivity index is 1.36. The van der Waals surface area contributed by atoms with Gasteiger partial charge in [0.05, 0.1) is 0 Å². The quantitative estimate of drug-likeness (QED) is 0.715. The van der Waals surface area contributed by atoms with Gasteiger partial charge in [-0.05, 0) is 31.3 Å². The Bertz CT molecular complexity index is 911. The number of rotatable bonds is 3. The van der Waals surface area contributed by atoms with Crippen molar-refractivity contribution in [3.8, 4) is 0 Å². The molecule has 4 heterocycles. The standard InChI is InChI=1S/C20H27N7O2/c1-23-8-10-25(11-9-23)17-5-6-18(22-21-17)26-12-14-27(15-13-26)20(29)16-4-3-7-24(2)19(16)28/h3-7H,8-15H2,1-2H3. The first-order chi connectivity index (χ1) is 14.0. The Kier molecular flexibility index (Phi) is 5.48. The minimum absolute atomic E-state index is 0.206. The van der Waals surface area contributed by atoms with E-state index >= 15 is 0 Å². The molecule has 9 heteroatoms. The van der Waals surface area contributed by atoms with Crippen LogP contribution in [0.3, 0.4) is 0 Å². The molecule has 0 radical (unpaired) electrons. The van der Waals surface area contributed by atoms with E-state index in [2.05, 4.69) is 31.9 Å².